The summed E-state index contributed by atoms with van der Waals surface area (Å²) in [5.41, 5.74) is -0.0603. The molecule has 1 N–H and O–H groups in total. The van der Waals surface area contributed by atoms with Gasteiger partial charge in [0.05, 0.1) is 4.92 Å². The van der Waals surface area contributed by atoms with Gasteiger partial charge in [0.25, 0.3) is 11.8 Å². The maximum Gasteiger partial charge on any atom is 0.312 e. The molecule has 0 bridgehead atoms. The van der Waals surface area contributed by atoms with Crippen LogP contribution in [0.4, 0.5) is 5.69 Å². The number of hydrogen-bond acceptors (Lipinski definition) is 5. The summed E-state index contributed by atoms with van der Waals surface area (Å²) in [5.74, 6) is -1.42. The van der Waals surface area contributed by atoms with Crippen molar-refractivity contribution in [3.8, 4) is 5.75 Å². The molecule has 1 aromatic carbocycles. The molecule has 0 saturated heterocycles. The maximum atomic E-state index is 11.8. The predicted molar refractivity (Wildman–Crippen MR) is 81.5 cm³/mol. The molecule has 0 aliphatic carbocycles. The number of amides is 2. The number of carbonyl (C=O) groups excluding carboxylic acids is 2. The van der Waals surface area contributed by atoms with Gasteiger partial charge in [-0.2, -0.15) is 0 Å². The number of carbonyl (C=O) groups is 2. The highest BCUT2D eigenvalue weighted by atomic mass is 35.5. The fourth-order valence-electron chi connectivity index (χ4n) is 1.82. The van der Waals surface area contributed by atoms with Crippen LogP contribution in [0.3, 0.4) is 0 Å². The number of nitrogens with one attached hydrogen (secondary N) is 1. The third-order valence-electron chi connectivity index (χ3n) is 2.91. The Morgan fingerprint density at radius 2 is 2.13 bits per heavy atom. The molecule has 0 atom stereocenters. The number of halogens is 1. The number of aryl methyl sites for hydroxylation is 1. The number of ether oxygens (including phenoxy) is 1. The molecule has 8 nitrogen and oxygen atoms in total. The number of nitro groups is 1. The van der Waals surface area contributed by atoms with Gasteiger partial charge >= 0.3 is 5.69 Å². The summed E-state index contributed by atoms with van der Waals surface area (Å²) < 4.78 is 6.64. The van der Waals surface area contributed by atoms with E-state index >= 15 is 0 Å². The molecule has 0 spiro atoms. The molecular weight excluding hydrogens is 326 g/mol. The zero-order chi connectivity index (χ0) is 17.0. The minimum atomic E-state index is -0.722. The molecule has 2 aromatic rings. The Bertz CT molecular complexity index is 772. The van der Waals surface area contributed by atoms with Crippen molar-refractivity contribution in [2.24, 2.45) is 7.05 Å². The first-order valence-electron chi connectivity index (χ1n) is 6.40. The Labute approximate surface area is 135 Å². The van der Waals surface area contributed by atoms with Crippen molar-refractivity contribution in [2.75, 3.05) is 6.61 Å². The van der Waals surface area contributed by atoms with E-state index in [2.05, 4.69) is 5.32 Å². The molecule has 1 heterocycles. The minimum absolute atomic E-state index is 0.110. The van der Waals surface area contributed by atoms with Crippen LogP contribution in [-0.2, 0) is 11.8 Å². The van der Waals surface area contributed by atoms with Gasteiger partial charge in [0, 0.05) is 24.3 Å². The number of rotatable bonds is 5. The van der Waals surface area contributed by atoms with E-state index in [1.165, 1.54) is 12.1 Å². The van der Waals surface area contributed by atoms with Gasteiger partial charge in [0.15, 0.2) is 12.4 Å². The van der Waals surface area contributed by atoms with Crippen LogP contribution >= 0.6 is 11.6 Å². The second kappa shape index (κ2) is 6.93. The number of benzene rings is 1. The number of nitrogens with zero attached hydrogens (tertiary/aromatic N) is 2. The van der Waals surface area contributed by atoms with Crippen LogP contribution in [0, 0.1) is 10.1 Å². The molecule has 0 aliphatic heterocycles. The van der Waals surface area contributed by atoms with Crippen LogP contribution in [0.5, 0.6) is 5.75 Å². The van der Waals surface area contributed by atoms with Crippen molar-refractivity contribution >= 4 is 29.1 Å². The molecule has 0 fully saturated rings. The summed E-state index contributed by atoms with van der Waals surface area (Å²) in [6.45, 7) is -0.543. The Morgan fingerprint density at radius 3 is 2.74 bits per heavy atom. The topological polar surface area (TPSA) is 103 Å². The molecule has 2 amide bonds. The van der Waals surface area contributed by atoms with Gasteiger partial charge in [-0.25, -0.2) is 0 Å². The summed E-state index contributed by atoms with van der Waals surface area (Å²) in [4.78, 5) is 33.8. The van der Waals surface area contributed by atoms with Crippen molar-refractivity contribution in [2.45, 2.75) is 0 Å². The zero-order valence-electron chi connectivity index (χ0n) is 12.0. The van der Waals surface area contributed by atoms with Crippen LogP contribution < -0.4 is 10.1 Å². The van der Waals surface area contributed by atoms with Gasteiger partial charge in [-0.05, 0) is 24.3 Å². The van der Waals surface area contributed by atoms with Crippen molar-refractivity contribution < 1.29 is 19.2 Å². The third-order valence-corrected chi connectivity index (χ3v) is 3.14. The van der Waals surface area contributed by atoms with E-state index in [1.807, 2.05) is 0 Å². The van der Waals surface area contributed by atoms with E-state index in [-0.39, 0.29) is 16.5 Å². The third kappa shape index (κ3) is 4.07. The number of imide groups is 1. The Balaban J connectivity index is 1.99. The summed E-state index contributed by atoms with van der Waals surface area (Å²) in [6, 6.07) is 7.01. The number of aromatic nitrogens is 1. The lowest BCUT2D eigenvalue weighted by atomic mass is 10.3. The SMILES string of the molecule is Cn1cccc1C(=O)NC(=O)COc1ccc(Cl)cc1[N+](=O)[O-]. The van der Waals surface area contributed by atoms with Crippen LogP contribution in [0.2, 0.25) is 5.02 Å². The molecule has 1 aromatic heterocycles. The summed E-state index contributed by atoms with van der Waals surface area (Å²) in [5, 5.41) is 13.2. The highest BCUT2D eigenvalue weighted by molar-refractivity contribution is 6.30. The lowest BCUT2D eigenvalue weighted by molar-refractivity contribution is -0.385. The lowest BCUT2D eigenvalue weighted by Gasteiger charge is -2.08. The second-order valence-corrected chi connectivity index (χ2v) is 4.98. The average molecular weight is 338 g/mol. The molecular formula is C14H12ClN3O5. The van der Waals surface area contributed by atoms with E-state index in [0.29, 0.717) is 5.69 Å². The van der Waals surface area contributed by atoms with Crippen molar-refractivity contribution in [1.82, 2.24) is 9.88 Å². The Kier molecular flexibility index (Phi) is 4.97. The number of hydrogen-bond donors (Lipinski definition) is 1. The van der Waals surface area contributed by atoms with Gasteiger partial charge in [-0.3, -0.25) is 25.0 Å². The van der Waals surface area contributed by atoms with E-state index in [1.54, 1.807) is 29.9 Å². The Morgan fingerprint density at radius 1 is 1.39 bits per heavy atom. The van der Waals surface area contributed by atoms with Crippen molar-refractivity contribution in [3.63, 3.8) is 0 Å². The molecule has 0 radical (unpaired) electrons. The predicted octanol–water partition coefficient (Wildman–Crippen LogP) is 1.92. The summed E-state index contributed by atoms with van der Waals surface area (Å²) in [7, 11) is 1.66. The van der Waals surface area contributed by atoms with E-state index in [0.717, 1.165) is 6.07 Å². The quantitative estimate of drug-likeness (QED) is 0.663. The molecule has 0 unspecified atom stereocenters. The van der Waals surface area contributed by atoms with Gasteiger partial charge in [0.1, 0.15) is 5.69 Å². The fraction of sp³-hybridized carbons (Fsp3) is 0.143. The molecule has 120 valence electrons. The normalized spacial score (nSPS) is 10.2. The lowest BCUT2D eigenvalue weighted by Crippen LogP contribution is -2.35. The monoisotopic (exact) mass is 337 g/mol. The van der Waals surface area contributed by atoms with Gasteiger partial charge in [-0.1, -0.05) is 11.6 Å². The van der Waals surface area contributed by atoms with Crippen molar-refractivity contribution in [3.05, 3.63) is 57.4 Å². The first-order valence-corrected chi connectivity index (χ1v) is 6.78. The van der Waals surface area contributed by atoms with Crippen LogP contribution in [0.1, 0.15) is 10.5 Å². The van der Waals surface area contributed by atoms with E-state index < -0.39 is 23.3 Å². The van der Waals surface area contributed by atoms with E-state index in [9.17, 15) is 19.7 Å². The smallest absolute Gasteiger partial charge is 0.312 e. The van der Waals surface area contributed by atoms with Crippen molar-refractivity contribution in [1.29, 1.82) is 0 Å². The molecule has 0 saturated carbocycles. The highest BCUT2D eigenvalue weighted by Crippen LogP contribution is 2.29. The molecule has 9 heteroatoms. The summed E-state index contributed by atoms with van der Waals surface area (Å²) >= 11 is 5.68. The maximum absolute atomic E-state index is 11.8. The second-order valence-electron chi connectivity index (χ2n) is 4.54. The van der Waals surface area contributed by atoms with Crippen LogP contribution in [0.25, 0.3) is 0 Å². The first-order chi connectivity index (χ1) is 10.9. The number of nitro benzene ring substituents is 1. The van der Waals surface area contributed by atoms with Crippen LogP contribution in [-0.4, -0.2) is 27.9 Å². The summed E-state index contributed by atoms with van der Waals surface area (Å²) in [6.07, 6.45) is 1.66. The standard InChI is InChI=1S/C14H12ClN3O5/c1-17-6-2-3-10(17)14(20)16-13(19)8-23-12-5-4-9(15)7-11(12)18(21)22/h2-7H,8H2,1H3,(H,16,19,20). The molecule has 23 heavy (non-hydrogen) atoms. The van der Waals surface area contributed by atoms with Crippen LogP contribution in [0.15, 0.2) is 36.5 Å². The highest BCUT2D eigenvalue weighted by Gasteiger charge is 2.18. The fourth-order valence-corrected chi connectivity index (χ4v) is 1.99. The molecule has 0 aliphatic rings. The van der Waals surface area contributed by atoms with Gasteiger partial charge in [0.2, 0.25) is 0 Å². The largest absolute Gasteiger partial charge is 0.477 e. The van der Waals surface area contributed by atoms with Gasteiger partial charge in [-0.15, -0.1) is 0 Å². The molecule has 2 rings (SSSR count). The first kappa shape index (κ1) is 16.5. The van der Waals surface area contributed by atoms with Gasteiger partial charge < -0.3 is 9.30 Å². The average Bonchev–Trinajstić information content (AvgIpc) is 2.92. The zero-order valence-corrected chi connectivity index (χ0v) is 12.7. The Hall–Kier alpha value is -2.87. The van der Waals surface area contributed by atoms with E-state index in [4.69, 9.17) is 16.3 Å². The minimum Gasteiger partial charge on any atom is -0.477 e.